The van der Waals surface area contributed by atoms with E-state index < -0.39 is 6.17 Å². The molecule has 14 heavy (non-hydrogen) atoms. The van der Waals surface area contributed by atoms with Crippen LogP contribution < -0.4 is 5.73 Å². The lowest BCUT2D eigenvalue weighted by Crippen LogP contribution is -1.89. The summed E-state index contributed by atoms with van der Waals surface area (Å²) in [6, 6.07) is 3.65. The van der Waals surface area contributed by atoms with Crippen LogP contribution in [-0.2, 0) is 0 Å². The largest absolute Gasteiger partial charge is 0.384 e. The van der Waals surface area contributed by atoms with E-state index in [9.17, 15) is 4.39 Å². The number of alkyl halides is 1. The third kappa shape index (κ3) is 0.982. The number of anilines is 1. The number of rotatable bonds is 1. The van der Waals surface area contributed by atoms with Crippen molar-refractivity contribution in [2.45, 2.75) is 18.5 Å². The van der Waals surface area contributed by atoms with E-state index in [4.69, 9.17) is 5.73 Å². The first-order valence-corrected chi connectivity index (χ1v) is 4.50. The first-order valence-electron chi connectivity index (χ1n) is 4.50. The van der Waals surface area contributed by atoms with Gasteiger partial charge in [0.15, 0.2) is 5.65 Å². The third-order valence-corrected chi connectivity index (χ3v) is 2.56. The Kier molecular flexibility index (Phi) is 1.34. The van der Waals surface area contributed by atoms with Gasteiger partial charge < -0.3 is 5.73 Å². The molecule has 1 aliphatic carbocycles. The molecule has 2 heterocycles. The van der Waals surface area contributed by atoms with Gasteiger partial charge >= 0.3 is 0 Å². The summed E-state index contributed by atoms with van der Waals surface area (Å²) in [6.07, 6.45) is -0.144. The number of H-pyrrole nitrogens is 1. The highest BCUT2D eigenvalue weighted by Gasteiger charge is 2.40. The summed E-state index contributed by atoms with van der Waals surface area (Å²) in [7, 11) is 0. The number of aromatic amines is 1. The number of nitrogens with zero attached hydrogens (tertiary/aromatic N) is 2. The summed E-state index contributed by atoms with van der Waals surface area (Å²) >= 11 is 0. The van der Waals surface area contributed by atoms with E-state index in [1.165, 1.54) is 0 Å². The van der Waals surface area contributed by atoms with Crippen molar-refractivity contribution in [1.82, 2.24) is 15.2 Å². The van der Waals surface area contributed by atoms with Gasteiger partial charge in [0.25, 0.3) is 0 Å². The molecule has 0 amide bonds. The molecule has 2 aromatic heterocycles. The van der Waals surface area contributed by atoms with Gasteiger partial charge in [-0.05, 0) is 18.6 Å². The van der Waals surface area contributed by atoms with E-state index in [1.807, 2.05) is 12.1 Å². The van der Waals surface area contributed by atoms with Gasteiger partial charge in [0.1, 0.15) is 12.0 Å². The van der Waals surface area contributed by atoms with Crippen LogP contribution in [0.25, 0.3) is 11.0 Å². The number of halogens is 1. The average molecular weight is 192 g/mol. The second-order valence-corrected chi connectivity index (χ2v) is 3.60. The maximum atomic E-state index is 12.8. The van der Waals surface area contributed by atoms with Gasteiger partial charge in [0, 0.05) is 11.6 Å². The Balaban J connectivity index is 2.12. The lowest BCUT2D eigenvalue weighted by Gasteiger charge is -1.95. The van der Waals surface area contributed by atoms with E-state index in [2.05, 4.69) is 15.2 Å². The Bertz CT molecular complexity index is 493. The highest BCUT2D eigenvalue weighted by atomic mass is 19.1. The molecule has 0 radical (unpaired) electrons. The minimum absolute atomic E-state index is 0.0303. The monoisotopic (exact) mass is 192 g/mol. The normalized spacial score (nSPS) is 25.5. The van der Waals surface area contributed by atoms with Crippen LogP contribution >= 0.6 is 0 Å². The molecule has 1 aliphatic rings. The minimum Gasteiger partial charge on any atom is -0.384 e. The SMILES string of the molecule is Nc1[nH]nc2nc([C@H]3C[C@@H]3F)ccc12. The molecular formula is C9H9FN4. The predicted octanol–water partition coefficient (Wildman–Crippen LogP) is 1.37. The molecule has 0 unspecified atom stereocenters. The highest BCUT2D eigenvalue weighted by molar-refractivity contribution is 5.85. The summed E-state index contributed by atoms with van der Waals surface area (Å²) in [5.74, 6) is 0.476. The molecule has 0 spiro atoms. The lowest BCUT2D eigenvalue weighted by molar-refractivity contribution is 0.467. The molecule has 4 nitrogen and oxygen atoms in total. The van der Waals surface area contributed by atoms with Gasteiger partial charge in [-0.1, -0.05) is 0 Å². The summed E-state index contributed by atoms with van der Waals surface area (Å²) < 4.78 is 12.8. The van der Waals surface area contributed by atoms with E-state index >= 15 is 0 Å². The molecule has 2 aromatic rings. The number of nitrogens with one attached hydrogen (secondary N) is 1. The van der Waals surface area contributed by atoms with Crippen LogP contribution in [-0.4, -0.2) is 21.4 Å². The Morgan fingerprint density at radius 3 is 3.00 bits per heavy atom. The van der Waals surface area contributed by atoms with Crippen molar-refractivity contribution in [3.63, 3.8) is 0 Å². The predicted molar refractivity (Wildman–Crippen MR) is 50.6 cm³/mol. The van der Waals surface area contributed by atoms with Gasteiger partial charge in [-0.25, -0.2) is 9.37 Å². The van der Waals surface area contributed by atoms with Crippen molar-refractivity contribution in [3.8, 4) is 0 Å². The summed E-state index contributed by atoms with van der Waals surface area (Å²) in [5, 5.41) is 7.37. The van der Waals surface area contributed by atoms with Gasteiger partial charge in [-0.2, -0.15) is 5.10 Å². The van der Waals surface area contributed by atoms with Crippen molar-refractivity contribution in [3.05, 3.63) is 17.8 Å². The number of aromatic nitrogens is 3. The number of nitrogens with two attached hydrogens (primary N) is 1. The van der Waals surface area contributed by atoms with Crippen LogP contribution in [0.1, 0.15) is 18.0 Å². The van der Waals surface area contributed by atoms with Crippen molar-refractivity contribution in [2.24, 2.45) is 0 Å². The zero-order valence-corrected chi connectivity index (χ0v) is 7.37. The zero-order chi connectivity index (χ0) is 9.71. The van der Waals surface area contributed by atoms with Gasteiger partial charge in [-0.15, -0.1) is 0 Å². The molecule has 2 atom stereocenters. The minimum atomic E-state index is -0.726. The second kappa shape index (κ2) is 2.43. The molecule has 0 aliphatic heterocycles. The Morgan fingerprint density at radius 2 is 2.29 bits per heavy atom. The maximum absolute atomic E-state index is 12.8. The van der Waals surface area contributed by atoms with Crippen molar-refractivity contribution >= 4 is 16.9 Å². The fourth-order valence-corrected chi connectivity index (χ4v) is 1.61. The smallest absolute Gasteiger partial charge is 0.183 e. The van der Waals surface area contributed by atoms with E-state index in [-0.39, 0.29) is 5.92 Å². The first kappa shape index (κ1) is 7.73. The molecule has 1 saturated carbocycles. The fraction of sp³-hybridized carbons (Fsp3) is 0.333. The molecule has 3 rings (SSSR count). The van der Waals surface area contributed by atoms with Crippen LogP contribution in [0.2, 0.25) is 0 Å². The molecule has 1 fully saturated rings. The molecular weight excluding hydrogens is 183 g/mol. The standard InChI is InChI=1S/C9H9FN4/c10-6-3-5(6)7-2-1-4-8(11)13-14-9(4)12-7/h1-2,5-6H,3H2,(H3,11,12,13,14)/t5-,6-/m0/s1. The lowest BCUT2D eigenvalue weighted by atomic mass is 10.2. The fourth-order valence-electron chi connectivity index (χ4n) is 1.61. The Hall–Kier alpha value is -1.65. The molecule has 0 bridgehead atoms. The topological polar surface area (TPSA) is 67.6 Å². The summed E-state index contributed by atoms with van der Waals surface area (Å²) in [4.78, 5) is 4.25. The summed E-state index contributed by atoms with van der Waals surface area (Å²) in [6.45, 7) is 0. The number of pyridine rings is 1. The van der Waals surface area contributed by atoms with Crippen molar-refractivity contribution in [1.29, 1.82) is 0 Å². The van der Waals surface area contributed by atoms with Gasteiger partial charge in [0.05, 0.1) is 5.39 Å². The van der Waals surface area contributed by atoms with Crippen molar-refractivity contribution < 1.29 is 4.39 Å². The Morgan fingerprint density at radius 1 is 1.50 bits per heavy atom. The second-order valence-electron chi connectivity index (χ2n) is 3.60. The quantitative estimate of drug-likeness (QED) is 0.716. The van der Waals surface area contributed by atoms with E-state index in [0.29, 0.717) is 17.9 Å². The van der Waals surface area contributed by atoms with Gasteiger partial charge in [0.2, 0.25) is 0 Å². The average Bonchev–Trinajstić information content (AvgIpc) is 2.80. The summed E-state index contributed by atoms with van der Waals surface area (Å²) in [5.41, 5.74) is 6.96. The van der Waals surface area contributed by atoms with E-state index in [0.717, 1.165) is 11.1 Å². The highest BCUT2D eigenvalue weighted by Crippen LogP contribution is 2.42. The van der Waals surface area contributed by atoms with Crippen molar-refractivity contribution in [2.75, 3.05) is 5.73 Å². The number of hydrogen-bond donors (Lipinski definition) is 2. The maximum Gasteiger partial charge on any atom is 0.183 e. The third-order valence-electron chi connectivity index (χ3n) is 2.56. The van der Waals surface area contributed by atoms with Gasteiger partial charge in [-0.3, -0.25) is 5.10 Å². The molecule has 0 aromatic carbocycles. The number of fused-ring (bicyclic) bond motifs is 1. The zero-order valence-electron chi connectivity index (χ0n) is 7.37. The molecule has 0 saturated heterocycles. The first-order chi connectivity index (χ1) is 6.75. The molecule has 3 N–H and O–H groups in total. The number of nitrogen functional groups attached to an aromatic ring is 1. The number of hydrogen-bond acceptors (Lipinski definition) is 3. The molecule has 5 heteroatoms. The Labute approximate surface area is 79.3 Å². The van der Waals surface area contributed by atoms with Crippen LogP contribution in [0.4, 0.5) is 10.2 Å². The van der Waals surface area contributed by atoms with Crippen LogP contribution in [0.5, 0.6) is 0 Å². The van der Waals surface area contributed by atoms with Crippen LogP contribution in [0.15, 0.2) is 12.1 Å². The van der Waals surface area contributed by atoms with E-state index in [1.54, 1.807) is 0 Å². The van der Waals surface area contributed by atoms with Crippen LogP contribution in [0, 0.1) is 0 Å². The van der Waals surface area contributed by atoms with Crippen LogP contribution in [0.3, 0.4) is 0 Å². The molecule has 72 valence electrons.